The van der Waals surface area contributed by atoms with Crippen molar-refractivity contribution in [1.29, 1.82) is 0 Å². The molecule has 6 heteroatoms. The molecule has 1 aromatic heterocycles. The smallest absolute Gasteiger partial charge is 0.252 e. The molecular weight excluding hydrogens is 362 g/mol. The van der Waals surface area contributed by atoms with Crippen LogP contribution in [0.5, 0.6) is 0 Å². The average molecular weight is 390 g/mol. The van der Waals surface area contributed by atoms with Gasteiger partial charge in [0.25, 0.3) is 5.56 Å². The minimum atomic E-state index is -0.191. The van der Waals surface area contributed by atoms with E-state index >= 15 is 0 Å². The first kappa shape index (κ1) is 20.3. The fourth-order valence-electron chi connectivity index (χ4n) is 2.95. The van der Waals surface area contributed by atoms with Crippen LogP contribution in [0.2, 0.25) is 0 Å². The monoisotopic (exact) mass is 389 g/mol. The third-order valence-corrected chi connectivity index (χ3v) is 4.59. The standard InChI is InChI=1S/C23H27N5O/c1-4-28(16-19-8-6-5-7-9-19)20-12-10-18(11-13-20)15-24-27-23-25-21(17(2)3)14-22(29)26-23/h5-15,17H,4,16H2,1-3H3,(H2,25,26,27,29)/b24-15-. The molecular formula is C23H27N5O. The van der Waals surface area contributed by atoms with Crippen molar-refractivity contribution in [3.8, 4) is 0 Å². The van der Waals surface area contributed by atoms with Crippen molar-refractivity contribution in [2.45, 2.75) is 33.2 Å². The lowest BCUT2D eigenvalue weighted by Crippen LogP contribution is -2.21. The molecule has 1 heterocycles. The van der Waals surface area contributed by atoms with Crippen molar-refractivity contribution >= 4 is 17.9 Å². The quantitative estimate of drug-likeness (QED) is 0.443. The number of nitrogens with zero attached hydrogens (tertiary/aromatic N) is 3. The summed E-state index contributed by atoms with van der Waals surface area (Å²) >= 11 is 0. The first-order valence-corrected chi connectivity index (χ1v) is 9.84. The van der Waals surface area contributed by atoms with E-state index in [1.165, 1.54) is 11.6 Å². The fourth-order valence-corrected chi connectivity index (χ4v) is 2.95. The number of H-pyrrole nitrogens is 1. The van der Waals surface area contributed by atoms with E-state index in [0.717, 1.165) is 30.0 Å². The van der Waals surface area contributed by atoms with E-state index in [-0.39, 0.29) is 11.5 Å². The topological polar surface area (TPSA) is 73.4 Å². The van der Waals surface area contributed by atoms with Gasteiger partial charge >= 0.3 is 0 Å². The number of benzene rings is 2. The molecule has 2 N–H and O–H groups in total. The van der Waals surface area contributed by atoms with Crippen molar-refractivity contribution in [2.24, 2.45) is 5.10 Å². The molecule has 0 radical (unpaired) electrons. The van der Waals surface area contributed by atoms with Crippen molar-refractivity contribution in [1.82, 2.24) is 9.97 Å². The molecule has 0 aliphatic heterocycles. The maximum Gasteiger partial charge on any atom is 0.252 e. The molecule has 0 bridgehead atoms. The van der Waals surface area contributed by atoms with E-state index in [2.05, 4.69) is 68.7 Å². The van der Waals surface area contributed by atoms with Gasteiger partial charge in [-0.15, -0.1) is 0 Å². The van der Waals surface area contributed by atoms with Crippen LogP contribution in [0.3, 0.4) is 0 Å². The molecule has 0 unspecified atom stereocenters. The number of hydrogen-bond acceptors (Lipinski definition) is 5. The molecule has 0 aliphatic rings. The summed E-state index contributed by atoms with van der Waals surface area (Å²) in [4.78, 5) is 21.0. The maximum absolute atomic E-state index is 11.7. The highest BCUT2D eigenvalue weighted by atomic mass is 16.1. The highest BCUT2D eigenvalue weighted by Gasteiger charge is 2.06. The van der Waals surface area contributed by atoms with Crippen LogP contribution in [-0.4, -0.2) is 22.7 Å². The summed E-state index contributed by atoms with van der Waals surface area (Å²) in [5.74, 6) is 0.515. The first-order chi connectivity index (χ1) is 14.0. The Morgan fingerprint density at radius 3 is 2.52 bits per heavy atom. The number of nitrogens with one attached hydrogen (secondary N) is 2. The number of anilines is 2. The lowest BCUT2D eigenvalue weighted by Gasteiger charge is -2.23. The molecule has 3 aromatic rings. The molecule has 6 nitrogen and oxygen atoms in total. The second kappa shape index (κ2) is 9.68. The molecule has 0 spiro atoms. The number of hydrogen-bond donors (Lipinski definition) is 2. The van der Waals surface area contributed by atoms with Crippen molar-refractivity contribution in [3.63, 3.8) is 0 Å². The van der Waals surface area contributed by atoms with Gasteiger partial charge in [0.1, 0.15) is 0 Å². The van der Waals surface area contributed by atoms with Crippen LogP contribution in [-0.2, 0) is 6.54 Å². The Kier molecular flexibility index (Phi) is 6.79. The summed E-state index contributed by atoms with van der Waals surface area (Å²) < 4.78 is 0. The third-order valence-electron chi connectivity index (χ3n) is 4.59. The van der Waals surface area contributed by atoms with Gasteiger partial charge in [0.2, 0.25) is 5.95 Å². The highest BCUT2D eigenvalue weighted by Crippen LogP contribution is 2.17. The molecule has 0 amide bonds. The SMILES string of the molecule is CCN(Cc1ccccc1)c1ccc(/C=N\Nc2nc(C(C)C)cc(=O)[nH]2)cc1. The highest BCUT2D eigenvalue weighted by molar-refractivity contribution is 5.80. The van der Waals surface area contributed by atoms with Crippen molar-refractivity contribution in [3.05, 3.63) is 87.8 Å². The Morgan fingerprint density at radius 2 is 1.86 bits per heavy atom. The Morgan fingerprint density at radius 1 is 1.14 bits per heavy atom. The van der Waals surface area contributed by atoms with Crippen molar-refractivity contribution < 1.29 is 0 Å². The summed E-state index contributed by atoms with van der Waals surface area (Å²) in [6.45, 7) is 7.94. The summed E-state index contributed by atoms with van der Waals surface area (Å²) in [6, 6.07) is 20.2. The zero-order chi connectivity index (χ0) is 20.6. The largest absolute Gasteiger partial charge is 0.367 e. The van der Waals surface area contributed by atoms with E-state index in [9.17, 15) is 4.79 Å². The minimum Gasteiger partial charge on any atom is -0.367 e. The van der Waals surface area contributed by atoms with E-state index in [1.807, 2.05) is 32.0 Å². The molecule has 0 aliphatic carbocycles. The second-order valence-corrected chi connectivity index (χ2v) is 7.13. The third kappa shape index (κ3) is 5.78. The Balaban J connectivity index is 1.65. The molecule has 2 aromatic carbocycles. The molecule has 29 heavy (non-hydrogen) atoms. The minimum absolute atomic E-state index is 0.173. The van der Waals surface area contributed by atoms with Gasteiger partial charge in [0.05, 0.1) is 11.9 Å². The van der Waals surface area contributed by atoms with Gasteiger partial charge in [-0.05, 0) is 36.1 Å². The molecule has 0 atom stereocenters. The number of aromatic amines is 1. The summed E-state index contributed by atoms with van der Waals surface area (Å²) in [7, 11) is 0. The zero-order valence-corrected chi connectivity index (χ0v) is 17.1. The van der Waals surface area contributed by atoms with E-state index in [1.54, 1.807) is 6.21 Å². The predicted molar refractivity (Wildman–Crippen MR) is 120 cm³/mol. The normalized spacial score (nSPS) is 11.2. The van der Waals surface area contributed by atoms with Gasteiger partial charge in [0, 0.05) is 24.8 Å². The van der Waals surface area contributed by atoms with Crippen LogP contribution >= 0.6 is 0 Å². The summed E-state index contributed by atoms with van der Waals surface area (Å²) in [5, 5.41) is 4.19. The van der Waals surface area contributed by atoms with Crippen LogP contribution in [0, 0.1) is 0 Å². The number of rotatable bonds is 8. The fraction of sp³-hybridized carbons (Fsp3) is 0.261. The molecule has 0 saturated heterocycles. The van der Waals surface area contributed by atoms with Crippen LogP contribution in [0.15, 0.2) is 70.6 Å². The molecule has 0 saturated carbocycles. The maximum atomic E-state index is 11.7. The lowest BCUT2D eigenvalue weighted by atomic mass is 10.1. The summed E-state index contributed by atoms with van der Waals surface area (Å²) in [6.07, 6.45) is 1.71. The van der Waals surface area contributed by atoms with Gasteiger partial charge < -0.3 is 4.90 Å². The molecule has 3 rings (SSSR count). The second-order valence-electron chi connectivity index (χ2n) is 7.13. The average Bonchev–Trinajstić information content (AvgIpc) is 2.73. The van der Waals surface area contributed by atoms with Crippen LogP contribution in [0.4, 0.5) is 11.6 Å². The van der Waals surface area contributed by atoms with E-state index in [0.29, 0.717) is 5.95 Å². The lowest BCUT2D eigenvalue weighted by molar-refractivity contribution is 0.810. The first-order valence-electron chi connectivity index (χ1n) is 9.84. The zero-order valence-electron chi connectivity index (χ0n) is 17.1. The Hall–Kier alpha value is -3.41. The van der Waals surface area contributed by atoms with Gasteiger partial charge in [-0.25, -0.2) is 10.4 Å². The van der Waals surface area contributed by atoms with Crippen molar-refractivity contribution in [2.75, 3.05) is 16.9 Å². The molecule has 150 valence electrons. The summed E-state index contributed by atoms with van der Waals surface area (Å²) in [5.41, 5.74) is 6.75. The van der Waals surface area contributed by atoms with Gasteiger partial charge in [-0.1, -0.05) is 56.3 Å². The van der Waals surface area contributed by atoms with E-state index < -0.39 is 0 Å². The Labute approximate surface area is 171 Å². The molecule has 0 fully saturated rings. The van der Waals surface area contributed by atoms with Crippen LogP contribution in [0.1, 0.15) is 43.5 Å². The number of hydrazone groups is 1. The Bertz CT molecular complexity index is 994. The van der Waals surface area contributed by atoms with Crippen LogP contribution < -0.4 is 15.9 Å². The number of aromatic nitrogens is 2. The van der Waals surface area contributed by atoms with Gasteiger partial charge in [-0.3, -0.25) is 9.78 Å². The van der Waals surface area contributed by atoms with Gasteiger partial charge in [0.15, 0.2) is 0 Å². The predicted octanol–water partition coefficient (Wildman–Crippen LogP) is 4.37. The van der Waals surface area contributed by atoms with E-state index in [4.69, 9.17) is 0 Å². The van der Waals surface area contributed by atoms with Crippen LogP contribution in [0.25, 0.3) is 0 Å². The van der Waals surface area contributed by atoms with Gasteiger partial charge in [-0.2, -0.15) is 5.10 Å².